The molecule has 1 aromatic carbocycles. The quantitative estimate of drug-likeness (QED) is 0.233. The van der Waals surface area contributed by atoms with Gasteiger partial charge in [0.1, 0.15) is 0 Å². The zero-order chi connectivity index (χ0) is 20.3. The van der Waals surface area contributed by atoms with E-state index in [0.29, 0.717) is 12.0 Å². The van der Waals surface area contributed by atoms with Crippen LogP contribution < -0.4 is 5.32 Å². The smallest absolute Gasteiger partial charge is 0.193 e. The molecule has 2 heterocycles. The number of likely N-dealkylation sites (tertiary alicyclic amines) is 1. The summed E-state index contributed by atoms with van der Waals surface area (Å²) >= 11 is 0. The van der Waals surface area contributed by atoms with Crippen LogP contribution in [-0.2, 0) is 11.2 Å². The highest BCUT2D eigenvalue weighted by atomic mass is 127. The van der Waals surface area contributed by atoms with Crippen LogP contribution in [0.4, 0.5) is 0 Å². The van der Waals surface area contributed by atoms with Crippen molar-refractivity contribution in [3.05, 3.63) is 54.6 Å². The monoisotopic (exact) mass is 525 g/mol. The number of aromatic nitrogens is 2. The Morgan fingerprint density at radius 2 is 2.07 bits per heavy atom. The molecule has 1 aliphatic heterocycles. The second-order valence-electron chi connectivity index (χ2n) is 7.82. The average molecular weight is 525 g/mol. The number of aliphatic imine (C=N–C) groups is 1. The van der Waals surface area contributed by atoms with Crippen molar-refractivity contribution in [2.24, 2.45) is 10.9 Å². The second-order valence-corrected chi connectivity index (χ2v) is 7.82. The maximum absolute atomic E-state index is 5.78. The summed E-state index contributed by atoms with van der Waals surface area (Å²) in [5.41, 5.74) is 1.34. The number of benzene rings is 1. The zero-order valence-electron chi connectivity index (χ0n) is 18.2. The fourth-order valence-electron chi connectivity index (χ4n) is 3.89. The Morgan fingerprint density at radius 3 is 2.80 bits per heavy atom. The lowest BCUT2D eigenvalue weighted by atomic mass is 9.93. The molecular formula is C23H36IN5O. The lowest BCUT2D eigenvalue weighted by Gasteiger charge is -2.39. The number of hydrogen-bond donors (Lipinski definition) is 1. The van der Waals surface area contributed by atoms with Crippen LogP contribution in [0.3, 0.4) is 0 Å². The molecule has 3 rings (SSSR count). The van der Waals surface area contributed by atoms with Gasteiger partial charge in [0.25, 0.3) is 0 Å². The Labute approximate surface area is 198 Å². The minimum Gasteiger partial charge on any atom is -0.381 e. The molecule has 1 aliphatic rings. The normalized spacial score (nSPS) is 19.4. The number of rotatable bonds is 9. The number of guanidine groups is 1. The number of imidazole rings is 1. The van der Waals surface area contributed by atoms with Crippen molar-refractivity contribution in [3.8, 4) is 0 Å². The van der Waals surface area contributed by atoms with E-state index in [2.05, 4.69) is 62.1 Å². The minimum absolute atomic E-state index is 0. The van der Waals surface area contributed by atoms with Gasteiger partial charge >= 0.3 is 0 Å². The van der Waals surface area contributed by atoms with Crippen LogP contribution in [-0.4, -0.2) is 60.3 Å². The van der Waals surface area contributed by atoms with Gasteiger partial charge in [0.05, 0.1) is 19.0 Å². The lowest BCUT2D eigenvalue weighted by molar-refractivity contribution is 0.133. The highest BCUT2D eigenvalue weighted by molar-refractivity contribution is 14.0. The minimum atomic E-state index is 0. The predicted molar refractivity (Wildman–Crippen MR) is 134 cm³/mol. The topological polar surface area (TPSA) is 54.7 Å². The van der Waals surface area contributed by atoms with E-state index in [9.17, 15) is 0 Å². The largest absolute Gasteiger partial charge is 0.381 e. The third kappa shape index (κ3) is 7.58. The van der Waals surface area contributed by atoms with Gasteiger partial charge in [0, 0.05) is 45.7 Å². The van der Waals surface area contributed by atoms with Crippen LogP contribution in [0.25, 0.3) is 0 Å². The molecule has 166 valence electrons. The first-order valence-electron chi connectivity index (χ1n) is 10.8. The molecule has 30 heavy (non-hydrogen) atoms. The summed E-state index contributed by atoms with van der Waals surface area (Å²) in [6, 6.07) is 11.0. The van der Waals surface area contributed by atoms with Crippen molar-refractivity contribution in [1.82, 2.24) is 19.8 Å². The second kappa shape index (κ2) is 13.6. The first-order chi connectivity index (χ1) is 14.3. The van der Waals surface area contributed by atoms with E-state index in [0.717, 1.165) is 58.1 Å². The molecule has 2 aromatic rings. The first-order valence-corrected chi connectivity index (χ1v) is 10.8. The number of piperidine rings is 1. The Bertz CT molecular complexity index is 722. The fraction of sp³-hybridized carbons (Fsp3) is 0.565. The number of unbranched alkanes of at least 4 members (excludes halogenated alkanes) is 1. The fourth-order valence-corrected chi connectivity index (χ4v) is 3.89. The molecule has 1 N–H and O–H groups in total. The highest BCUT2D eigenvalue weighted by Gasteiger charge is 2.28. The maximum atomic E-state index is 5.78. The van der Waals surface area contributed by atoms with Crippen LogP contribution >= 0.6 is 24.0 Å². The summed E-state index contributed by atoms with van der Waals surface area (Å²) < 4.78 is 8.01. The molecule has 0 radical (unpaired) electrons. The van der Waals surface area contributed by atoms with Crippen LogP contribution in [0, 0.1) is 5.92 Å². The van der Waals surface area contributed by atoms with Gasteiger partial charge < -0.3 is 19.5 Å². The molecule has 6 nitrogen and oxygen atoms in total. The number of hydrogen-bond acceptors (Lipinski definition) is 3. The molecular weight excluding hydrogens is 489 g/mol. The summed E-state index contributed by atoms with van der Waals surface area (Å²) in [6.45, 7) is 6.89. The zero-order valence-corrected chi connectivity index (χ0v) is 20.6. The molecule has 0 amide bonds. The van der Waals surface area contributed by atoms with Crippen molar-refractivity contribution >= 4 is 29.9 Å². The SMILES string of the molecule is CN=C(NCCCCOCCc1ccccc1)N1CCC(C)C(n2ccnc2)C1.I. The summed E-state index contributed by atoms with van der Waals surface area (Å²) in [6.07, 6.45) is 10.2. The summed E-state index contributed by atoms with van der Waals surface area (Å²) in [5, 5.41) is 3.53. The van der Waals surface area contributed by atoms with Gasteiger partial charge in [-0.2, -0.15) is 0 Å². The standard InChI is InChI=1S/C23H35N5O.HI/c1-20-10-14-27(18-22(20)28-15-13-25-19-28)23(24-2)26-12-6-7-16-29-17-11-21-8-4-3-5-9-21;/h3-5,8-9,13,15,19-20,22H,6-7,10-12,14,16-18H2,1-2H3,(H,24,26);1H. The van der Waals surface area contributed by atoms with Gasteiger partial charge in [-0.15, -0.1) is 24.0 Å². The van der Waals surface area contributed by atoms with Crippen molar-refractivity contribution in [3.63, 3.8) is 0 Å². The Balaban J connectivity index is 0.00000320. The van der Waals surface area contributed by atoms with Crippen LogP contribution in [0.5, 0.6) is 0 Å². The van der Waals surface area contributed by atoms with E-state index < -0.39 is 0 Å². The molecule has 0 spiro atoms. The Kier molecular flexibility index (Phi) is 11.2. The molecule has 0 saturated carbocycles. The van der Waals surface area contributed by atoms with Gasteiger partial charge in [0.15, 0.2) is 5.96 Å². The van der Waals surface area contributed by atoms with Gasteiger partial charge in [-0.3, -0.25) is 4.99 Å². The van der Waals surface area contributed by atoms with Gasteiger partial charge in [-0.25, -0.2) is 4.98 Å². The average Bonchev–Trinajstić information content (AvgIpc) is 3.29. The summed E-state index contributed by atoms with van der Waals surface area (Å²) in [5.74, 6) is 1.65. The van der Waals surface area contributed by atoms with Crippen molar-refractivity contribution in [2.75, 3.05) is 39.9 Å². The van der Waals surface area contributed by atoms with Crippen LogP contribution in [0.1, 0.15) is 37.8 Å². The van der Waals surface area contributed by atoms with Crippen molar-refractivity contribution < 1.29 is 4.74 Å². The maximum Gasteiger partial charge on any atom is 0.193 e. The van der Waals surface area contributed by atoms with E-state index in [1.807, 2.05) is 25.6 Å². The van der Waals surface area contributed by atoms with Gasteiger partial charge in [-0.05, 0) is 37.2 Å². The Hall–Kier alpha value is -1.61. The number of ether oxygens (including phenoxy) is 1. The van der Waals surface area contributed by atoms with Gasteiger partial charge in [0.2, 0.25) is 0 Å². The van der Waals surface area contributed by atoms with Crippen LogP contribution in [0.2, 0.25) is 0 Å². The highest BCUT2D eigenvalue weighted by Crippen LogP contribution is 2.27. The molecule has 2 atom stereocenters. The predicted octanol–water partition coefficient (Wildman–Crippen LogP) is 4.00. The molecule has 1 saturated heterocycles. The molecule has 1 aromatic heterocycles. The first kappa shape index (κ1) is 24.7. The molecule has 1 fully saturated rings. The van der Waals surface area contributed by atoms with Crippen molar-refractivity contribution in [2.45, 2.75) is 38.6 Å². The number of nitrogens with one attached hydrogen (secondary N) is 1. The van der Waals surface area contributed by atoms with E-state index in [1.165, 1.54) is 12.0 Å². The molecule has 7 heteroatoms. The number of nitrogens with zero attached hydrogens (tertiary/aromatic N) is 4. The number of halogens is 1. The van der Waals surface area contributed by atoms with Gasteiger partial charge in [-0.1, -0.05) is 37.3 Å². The van der Waals surface area contributed by atoms with E-state index >= 15 is 0 Å². The van der Waals surface area contributed by atoms with E-state index in [4.69, 9.17) is 4.74 Å². The van der Waals surface area contributed by atoms with E-state index in [-0.39, 0.29) is 24.0 Å². The Morgan fingerprint density at radius 1 is 1.23 bits per heavy atom. The molecule has 2 unspecified atom stereocenters. The van der Waals surface area contributed by atoms with Crippen LogP contribution in [0.15, 0.2) is 54.0 Å². The third-order valence-electron chi connectivity index (χ3n) is 5.71. The van der Waals surface area contributed by atoms with E-state index in [1.54, 1.807) is 0 Å². The molecule has 0 aliphatic carbocycles. The third-order valence-corrected chi connectivity index (χ3v) is 5.71. The lowest BCUT2D eigenvalue weighted by Crippen LogP contribution is -2.49. The summed E-state index contributed by atoms with van der Waals surface area (Å²) in [7, 11) is 1.87. The van der Waals surface area contributed by atoms with Crippen molar-refractivity contribution in [1.29, 1.82) is 0 Å². The molecule has 0 bridgehead atoms. The summed E-state index contributed by atoms with van der Waals surface area (Å²) in [4.78, 5) is 11.1.